The van der Waals surface area contributed by atoms with Crippen molar-refractivity contribution in [3.8, 4) is 5.75 Å². The van der Waals surface area contributed by atoms with Gasteiger partial charge in [-0.3, -0.25) is 9.59 Å². The minimum atomic E-state index is -0.879. The number of carbonyl (C=O) groups is 3. The summed E-state index contributed by atoms with van der Waals surface area (Å²) < 4.78 is 10.6. The smallest absolute Gasteiger partial charge is 0.328 e. The molecule has 9 nitrogen and oxygen atoms in total. The Morgan fingerprint density at radius 3 is 2.59 bits per heavy atom. The third-order valence-corrected chi connectivity index (χ3v) is 5.37. The monoisotopic (exact) mass is 450 g/mol. The van der Waals surface area contributed by atoms with Gasteiger partial charge in [-0.1, -0.05) is 32.9 Å². The summed E-state index contributed by atoms with van der Waals surface area (Å²) >= 11 is 0. The highest BCUT2D eigenvalue weighted by atomic mass is 16.5. The van der Waals surface area contributed by atoms with Crippen molar-refractivity contribution in [2.24, 2.45) is 5.41 Å². The van der Waals surface area contributed by atoms with Crippen LogP contribution in [0, 0.1) is 5.41 Å². The molecule has 32 heavy (non-hydrogen) atoms. The number of nitrogens with zero attached hydrogens (tertiary/aromatic N) is 1. The Morgan fingerprint density at radius 2 is 2.00 bits per heavy atom. The highest BCUT2D eigenvalue weighted by molar-refractivity contribution is 5.92. The number of benzene rings is 1. The third-order valence-electron chi connectivity index (χ3n) is 5.37. The number of aliphatic hydroxyl groups excluding tert-OH is 1. The number of phenols is 1. The van der Waals surface area contributed by atoms with E-state index in [2.05, 4.69) is 5.32 Å². The Hall–Kier alpha value is -2.65. The molecule has 1 aromatic carbocycles. The van der Waals surface area contributed by atoms with Crippen molar-refractivity contribution in [2.75, 3.05) is 26.9 Å². The van der Waals surface area contributed by atoms with Gasteiger partial charge in [0.1, 0.15) is 17.8 Å². The molecule has 1 aliphatic heterocycles. The fourth-order valence-corrected chi connectivity index (χ4v) is 3.71. The van der Waals surface area contributed by atoms with E-state index in [1.165, 1.54) is 24.1 Å². The summed E-state index contributed by atoms with van der Waals surface area (Å²) in [5.41, 5.74) is -0.00390. The lowest BCUT2D eigenvalue weighted by atomic mass is 9.85. The molecule has 0 unspecified atom stereocenters. The summed E-state index contributed by atoms with van der Waals surface area (Å²) in [4.78, 5) is 40.0. The lowest BCUT2D eigenvalue weighted by Gasteiger charge is -2.35. The molecule has 0 aromatic heterocycles. The van der Waals surface area contributed by atoms with Gasteiger partial charge < -0.3 is 29.9 Å². The maximum absolute atomic E-state index is 13.5. The number of carbonyl (C=O) groups excluding carboxylic acids is 3. The topological polar surface area (TPSA) is 125 Å². The van der Waals surface area contributed by atoms with E-state index in [1.807, 2.05) is 20.8 Å². The van der Waals surface area contributed by atoms with E-state index in [1.54, 1.807) is 12.1 Å². The lowest BCUT2D eigenvalue weighted by molar-refractivity contribution is -0.153. The Balaban J connectivity index is 2.16. The first-order valence-corrected chi connectivity index (χ1v) is 10.7. The zero-order valence-corrected chi connectivity index (χ0v) is 19.2. The van der Waals surface area contributed by atoms with Crippen LogP contribution in [0.15, 0.2) is 24.3 Å². The number of aliphatic hydroxyl groups is 1. The number of ether oxygens (including phenoxy) is 2. The van der Waals surface area contributed by atoms with Gasteiger partial charge in [0.2, 0.25) is 11.8 Å². The van der Waals surface area contributed by atoms with Crippen LogP contribution < -0.4 is 5.32 Å². The Bertz CT molecular complexity index is 806. The summed E-state index contributed by atoms with van der Waals surface area (Å²) in [7, 11) is 1.27. The maximum Gasteiger partial charge on any atom is 0.328 e. The molecule has 2 rings (SSSR count). The molecule has 1 aliphatic rings. The molecule has 0 spiro atoms. The summed E-state index contributed by atoms with van der Waals surface area (Å²) in [5, 5.41) is 21.4. The fraction of sp³-hybridized carbons (Fsp3) is 0.609. The number of likely N-dealkylation sites (tertiary alicyclic amines) is 1. The Labute approximate surface area is 188 Å². The Morgan fingerprint density at radius 1 is 1.28 bits per heavy atom. The van der Waals surface area contributed by atoms with E-state index in [0.717, 1.165) is 0 Å². The highest BCUT2D eigenvalue weighted by Crippen LogP contribution is 2.28. The first-order valence-electron chi connectivity index (χ1n) is 10.7. The number of aromatic hydroxyl groups is 1. The van der Waals surface area contributed by atoms with Crippen LogP contribution in [0.3, 0.4) is 0 Å². The van der Waals surface area contributed by atoms with Crippen molar-refractivity contribution in [1.29, 1.82) is 0 Å². The van der Waals surface area contributed by atoms with Crippen molar-refractivity contribution in [3.63, 3.8) is 0 Å². The molecule has 178 valence electrons. The lowest BCUT2D eigenvalue weighted by Crippen LogP contribution is -2.57. The molecule has 2 amide bonds. The van der Waals surface area contributed by atoms with Gasteiger partial charge in [-0.05, 0) is 29.5 Å². The molecular formula is C23H34N2O7. The van der Waals surface area contributed by atoms with Crippen LogP contribution in [0.1, 0.15) is 39.2 Å². The zero-order chi connectivity index (χ0) is 23.9. The van der Waals surface area contributed by atoms with E-state index in [-0.39, 0.29) is 49.7 Å². The minimum Gasteiger partial charge on any atom is -0.508 e. The second-order valence-corrected chi connectivity index (χ2v) is 9.05. The first kappa shape index (κ1) is 25.6. The number of amides is 2. The molecule has 1 heterocycles. The van der Waals surface area contributed by atoms with Crippen molar-refractivity contribution in [1.82, 2.24) is 10.2 Å². The van der Waals surface area contributed by atoms with Crippen LogP contribution in [-0.2, 0) is 30.3 Å². The van der Waals surface area contributed by atoms with Gasteiger partial charge in [0.15, 0.2) is 0 Å². The summed E-state index contributed by atoms with van der Waals surface area (Å²) in [6.45, 7) is 6.01. The summed E-state index contributed by atoms with van der Waals surface area (Å²) in [6, 6.07) is 4.69. The first-order chi connectivity index (χ1) is 15.1. The van der Waals surface area contributed by atoms with E-state index < -0.39 is 23.5 Å². The number of hydrogen-bond acceptors (Lipinski definition) is 7. The van der Waals surface area contributed by atoms with Crippen LogP contribution in [0.5, 0.6) is 5.75 Å². The van der Waals surface area contributed by atoms with Gasteiger partial charge in [-0.25, -0.2) is 4.79 Å². The van der Waals surface area contributed by atoms with Crippen LogP contribution in [0.25, 0.3) is 0 Å². The number of phenolic OH excluding ortho intramolecular Hbond substituents is 1. The number of methoxy groups -OCH3 is 1. The van der Waals surface area contributed by atoms with E-state index in [0.29, 0.717) is 18.6 Å². The molecule has 1 saturated heterocycles. The number of esters is 1. The average Bonchev–Trinajstić information content (AvgIpc) is 3.14. The maximum atomic E-state index is 13.5. The normalized spacial score (nSPS) is 19.5. The molecule has 9 heteroatoms. The molecular weight excluding hydrogens is 416 g/mol. The molecule has 3 N–H and O–H groups in total. The van der Waals surface area contributed by atoms with Gasteiger partial charge in [0, 0.05) is 26.2 Å². The van der Waals surface area contributed by atoms with Crippen molar-refractivity contribution in [3.05, 3.63) is 29.8 Å². The molecule has 0 aliphatic carbocycles. The van der Waals surface area contributed by atoms with Crippen LogP contribution in [-0.4, -0.2) is 78.0 Å². The number of hydrogen-bond donors (Lipinski definition) is 3. The molecule has 0 bridgehead atoms. The quantitative estimate of drug-likeness (QED) is 0.379. The number of rotatable bonds is 9. The average molecular weight is 451 g/mol. The van der Waals surface area contributed by atoms with E-state index in [9.17, 15) is 19.5 Å². The zero-order valence-electron chi connectivity index (χ0n) is 19.2. The predicted molar refractivity (Wildman–Crippen MR) is 117 cm³/mol. The minimum absolute atomic E-state index is 0.00157. The van der Waals surface area contributed by atoms with Crippen molar-refractivity contribution >= 4 is 17.8 Å². The SMILES string of the molecule is COC(=O)[C@H]1C[C@@H](OCCCO)CN1C(=O)[C@@H](NC(=O)Cc1cccc(O)c1)C(C)(C)C. The van der Waals surface area contributed by atoms with E-state index in [4.69, 9.17) is 14.6 Å². The summed E-state index contributed by atoms with van der Waals surface area (Å²) in [6.07, 6.45) is 0.390. The van der Waals surface area contributed by atoms with Gasteiger partial charge in [0.05, 0.1) is 19.6 Å². The van der Waals surface area contributed by atoms with Gasteiger partial charge >= 0.3 is 5.97 Å². The molecule has 0 radical (unpaired) electrons. The summed E-state index contributed by atoms with van der Waals surface area (Å²) in [5.74, 6) is -1.23. The van der Waals surface area contributed by atoms with Gasteiger partial charge in [-0.2, -0.15) is 0 Å². The van der Waals surface area contributed by atoms with Crippen LogP contribution >= 0.6 is 0 Å². The second kappa shape index (κ2) is 11.3. The second-order valence-electron chi connectivity index (χ2n) is 9.05. The van der Waals surface area contributed by atoms with Gasteiger partial charge in [0.25, 0.3) is 0 Å². The molecule has 0 saturated carbocycles. The number of nitrogens with one attached hydrogen (secondary N) is 1. The largest absolute Gasteiger partial charge is 0.508 e. The standard InChI is InChI=1S/C23H34N2O7/c1-23(2,3)20(24-19(28)12-15-7-5-8-16(27)11-15)21(29)25-14-17(32-10-6-9-26)13-18(25)22(30)31-4/h5,7-8,11,17-18,20,26-27H,6,9-10,12-14H2,1-4H3,(H,24,28)/t17-,18-,20-/m1/s1. The molecule has 1 fully saturated rings. The third kappa shape index (κ3) is 6.93. The molecule has 3 atom stereocenters. The Kier molecular flexibility index (Phi) is 9.03. The fourth-order valence-electron chi connectivity index (χ4n) is 3.71. The predicted octanol–water partition coefficient (Wildman–Crippen LogP) is 1.01. The highest BCUT2D eigenvalue weighted by Gasteiger charge is 2.45. The van der Waals surface area contributed by atoms with E-state index >= 15 is 0 Å². The molecule has 1 aromatic rings. The van der Waals surface area contributed by atoms with Crippen molar-refractivity contribution < 1.29 is 34.1 Å². The van der Waals surface area contributed by atoms with Gasteiger partial charge in [-0.15, -0.1) is 0 Å². The van der Waals surface area contributed by atoms with Crippen LogP contribution in [0.4, 0.5) is 0 Å². The van der Waals surface area contributed by atoms with Crippen molar-refractivity contribution in [2.45, 2.75) is 58.2 Å². The van der Waals surface area contributed by atoms with Crippen LogP contribution in [0.2, 0.25) is 0 Å².